The van der Waals surface area contributed by atoms with Crippen LogP contribution in [0.4, 0.5) is 5.82 Å². The molecule has 0 saturated carbocycles. The van der Waals surface area contributed by atoms with Crippen LogP contribution >= 0.6 is 11.8 Å². The summed E-state index contributed by atoms with van der Waals surface area (Å²) in [6.45, 7) is 0.140. The van der Waals surface area contributed by atoms with E-state index >= 15 is 0 Å². The van der Waals surface area contributed by atoms with Crippen LogP contribution in [0.15, 0.2) is 11.0 Å². The molecule has 1 heterocycles. The van der Waals surface area contributed by atoms with Crippen LogP contribution in [0, 0.1) is 0 Å². The summed E-state index contributed by atoms with van der Waals surface area (Å²) in [7, 11) is 0. The Balaban J connectivity index is 2.61. The van der Waals surface area contributed by atoms with Crippen LogP contribution in [0.25, 0.3) is 0 Å². The van der Waals surface area contributed by atoms with E-state index in [-0.39, 0.29) is 6.61 Å². The largest absolute Gasteiger partial charge is 0.396 e. The summed E-state index contributed by atoms with van der Waals surface area (Å²) in [6, 6.07) is 0. The van der Waals surface area contributed by atoms with E-state index in [2.05, 4.69) is 9.97 Å². The number of aliphatic hydroxyl groups excluding tert-OH is 1. The van der Waals surface area contributed by atoms with Gasteiger partial charge in [0.05, 0.1) is 6.61 Å². The van der Waals surface area contributed by atoms with Crippen molar-refractivity contribution < 1.29 is 5.11 Å². The zero-order chi connectivity index (χ0) is 9.68. The van der Waals surface area contributed by atoms with E-state index in [9.17, 15) is 4.79 Å². The van der Waals surface area contributed by atoms with Gasteiger partial charge in [0.25, 0.3) is 0 Å². The fourth-order valence-corrected chi connectivity index (χ4v) is 1.52. The lowest BCUT2D eigenvalue weighted by molar-refractivity contribution is 0.322. The van der Waals surface area contributed by atoms with E-state index in [1.807, 2.05) is 0 Å². The molecule has 0 fully saturated rings. The number of nitrogen functional groups attached to an aromatic ring is 1. The summed E-state index contributed by atoms with van der Waals surface area (Å²) in [5.74, 6) is 1.65. The van der Waals surface area contributed by atoms with E-state index in [4.69, 9.17) is 10.8 Å². The molecule has 0 unspecified atom stereocenters. The van der Waals surface area contributed by atoms with Gasteiger partial charge in [-0.3, -0.25) is 4.98 Å². The van der Waals surface area contributed by atoms with Gasteiger partial charge in [-0.25, -0.2) is 9.78 Å². The Morgan fingerprint density at radius 3 is 3.08 bits per heavy atom. The molecule has 5 nitrogen and oxygen atoms in total. The van der Waals surface area contributed by atoms with Gasteiger partial charge in [-0.1, -0.05) is 0 Å². The molecule has 13 heavy (non-hydrogen) atoms. The van der Waals surface area contributed by atoms with Crippen molar-refractivity contribution in [1.82, 2.24) is 9.97 Å². The number of thioether (sulfide) groups is 1. The van der Waals surface area contributed by atoms with Crippen molar-refractivity contribution in [3.8, 4) is 0 Å². The maximum Gasteiger partial charge on any atom is 0.346 e. The Labute approximate surface area is 79.4 Å². The average Bonchev–Trinajstić information content (AvgIpc) is 2.09. The number of hydrogen-bond donors (Lipinski definition) is 3. The lowest BCUT2D eigenvalue weighted by atomic mass is 10.3. The smallest absolute Gasteiger partial charge is 0.346 e. The maximum absolute atomic E-state index is 10.7. The Kier molecular flexibility index (Phi) is 3.78. The number of rotatable bonds is 4. The molecule has 0 atom stereocenters. The molecule has 4 N–H and O–H groups in total. The maximum atomic E-state index is 10.7. The highest BCUT2D eigenvalue weighted by molar-refractivity contribution is 7.98. The molecule has 0 aromatic carbocycles. The average molecular weight is 201 g/mol. The number of nitrogens with two attached hydrogens (primary N) is 1. The zero-order valence-electron chi connectivity index (χ0n) is 6.99. The number of hydrogen-bond acceptors (Lipinski definition) is 5. The van der Waals surface area contributed by atoms with Crippen LogP contribution in [0.3, 0.4) is 0 Å². The predicted molar refractivity (Wildman–Crippen MR) is 52.5 cm³/mol. The number of aromatic nitrogens is 2. The first-order valence-corrected chi connectivity index (χ1v) is 4.92. The molecular weight excluding hydrogens is 190 g/mol. The van der Waals surface area contributed by atoms with Crippen LogP contribution in [0.2, 0.25) is 0 Å². The van der Waals surface area contributed by atoms with Crippen molar-refractivity contribution in [1.29, 1.82) is 0 Å². The predicted octanol–water partition coefficient (Wildman–Crippen LogP) is -0.422. The molecular formula is C7H11N3O2S. The number of nitrogens with one attached hydrogen (secondary N) is 1. The molecule has 1 rings (SSSR count). The van der Waals surface area contributed by atoms with Crippen molar-refractivity contribution in [3.05, 3.63) is 22.2 Å². The van der Waals surface area contributed by atoms with E-state index in [1.54, 1.807) is 0 Å². The summed E-state index contributed by atoms with van der Waals surface area (Å²) >= 11 is 1.53. The fraction of sp³-hybridized carbons (Fsp3) is 0.429. The number of aliphatic hydroxyl groups is 1. The normalized spacial score (nSPS) is 10.2. The van der Waals surface area contributed by atoms with Crippen LogP contribution in [0.1, 0.15) is 5.56 Å². The zero-order valence-corrected chi connectivity index (χ0v) is 7.80. The lowest BCUT2D eigenvalue weighted by Gasteiger charge is -2.02. The molecule has 0 aliphatic carbocycles. The van der Waals surface area contributed by atoms with E-state index < -0.39 is 5.69 Å². The van der Waals surface area contributed by atoms with Crippen LogP contribution in [0.5, 0.6) is 0 Å². The Hall–Kier alpha value is -1.01. The van der Waals surface area contributed by atoms with Gasteiger partial charge in [0.15, 0.2) is 0 Å². The summed E-state index contributed by atoms with van der Waals surface area (Å²) in [5.41, 5.74) is 5.89. The van der Waals surface area contributed by atoms with Gasteiger partial charge in [0.1, 0.15) is 5.82 Å². The van der Waals surface area contributed by atoms with Gasteiger partial charge in [0.2, 0.25) is 0 Å². The van der Waals surface area contributed by atoms with Crippen LogP contribution in [-0.2, 0) is 5.75 Å². The topological polar surface area (TPSA) is 92.0 Å². The van der Waals surface area contributed by atoms with Gasteiger partial charge in [-0.2, -0.15) is 11.8 Å². The number of aromatic amines is 1. The molecule has 0 aliphatic rings. The van der Waals surface area contributed by atoms with Crippen molar-refractivity contribution in [2.45, 2.75) is 5.75 Å². The molecule has 0 spiro atoms. The van der Waals surface area contributed by atoms with Gasteiger partial charge >= 0.3 is 5.69 Å². The monoisotopic (exact) mass is 201 g/mol. The van der Waals surface area contributed by atoms with E-state index in [0.717, 1.165) is 5.56 Å². The number of nitrogens with zero attached hydrogens (tertiary/aromatic N) is 1. The summed E-state index contributed by atoms with van der Waals surface area (Å²) < 4.78 is 0. The SMILES string of the molecule is Nc1[nH]c(=O)ncc1CSCCO. The standard InChI is InChI=1S/C7H11N3O2S/c8-6-5(4-13-2-1-11)3-9-7(12)10-6/h3,11H,1-2,4H2,(H3,8,9,10,12). The summed E-state index contributed by atoms with van der Waals surface area (Å²) in [5, 5.41) is 8.53. The van der Waals surface area contributed by atoms with Crippen LogP contribution < -0.4 is 11.4 Å². The first kappa shape index (κ1) is 10.1. The molecule has 1 aromatic heterocycles. The first-order valence-electron chi connectivity index (χ1n) is 3.76. The van der Waals surface area contributed by atoms with Crippen molar-refractivity contribution in [2.75, 3.05) is 18.1 Å². The molecule has 0 saturated heterocycles. The summed E-state index contributed by atoms with van der Waals surface area (Å²) in [6.07, 6.45) is 1.46. The third kappa shape index (κ3) is 3.08. The molecule has 72 valence electrons. The Bertz CT molecular complexity index is 326. The third-order valence-electron chi connectivity index (χ3n) is 1.42. The van der Waals surface area contributed by atoms with E-state index in [0.29, 0.717) is 17.3 Å². The quantitative estimate of drug-likeness (QED) is 0.575. The van der Waals surface area contributed by atoms with Crippen LogP contribution in [-0.4, -0.2) is 27.4 Å². The number of anilines is 1. The highest BCUT2D eigenvalue weighted by Gasteiger charge is 2.00. The highest BCUT2D eigenvalue weighted by atomic mass is 32.2. The Morgan fingerprint density at radius 2 is 2.46 bits per heavy atom. The second-order valence-electron chi connectivity index (χ2n) is 2.40. The van der Waals surface area contributed by atoms with Crippen molar-refractivity contribution >= 4 is 17.6 Å². The minimum atomic E-state index is -0.437. The Morgan fingerprint density at radius 1 is 1.69 bits per heavy atom. The molecule has 0 aliphatic heterocycles. The van der Waals surface area contributed by atoms with Crippen molar-refractivity contribution in [2.24, 2.45) is 0 Å². The van der Waals surface area contributed by atoms with Crippen molar-refractivity contribution in [3.63, 3.8) is 0 Å². The minimum absolute atomic E-state index is 0.140. The minimum Gasteiger partial charge on any atom is -0.396 e. The molecule has 6 heteroatoms. The highest BCUT2D eigenvalue weighted by Crippen LogP contribution is 2.13. The lowest BCUT2D eigenvalue weighted by Crippen LogP contribution is -2.13. The molecule has 1 aromatic rings. The van der Waals surface area contributed by atoms with Gasteiger partial charge < -0.3 is 10.8 Å². The van der Waals surface area contributed by atoms with E-state index in [1.165, 1.54) is 18.0 Å². The van der Waals surface area contributed by atoms with Gasteiger partial charge in [-0.05, 0) is 0 Å². The van der Waals surface area contributed by atoms with Gasteiger partial charge in [0, 0.05) is 23.3 Å². The molecule has 0 bridgehead atoms. The summed E-state index contributed by atoms with van der Waals surface area (Å²) in [4.78, 5) is 16.6. The molecule has 0 radical (unpaired) electrons. The third-order valence-corrected chi connectivity index (χ3v) is 2.40. The fourth-order valence-electron chi connectivity index (χ4n) is 0.796. The second kappa shape index (κ2) is 4.88. The number of H-pyrrole nitrogens is 1. The second-order valence-corrected chi connectivity index (χ2v) is 3.51. The first-order chi connectivity index (χ1) is 6.24. The molecule has 0 amide bonds. The van der Waals surface area contributed by atoms with Gasteiger partial charge in [-0.15, -0.1) is 0 Å².